The smallest absolute Gasteiger partial charge is 0.238 e. The molecule has 1 saturated heterocycles. The van der Waals surface area contributed by atoms with Gasteiger partial charge in [-0.1, -0.05) is 19.3 Å². The molecule has 0 bridgehead atoms. The molecule has 17 heavy (non-hydrogen) atoms. The van der Waals surface area contributed by atoms with Crippen LogP contribution >= 0.6 is 0 Å². The Morgan fingerprint density at radius 1 is 1.29 bits per heavy atom. The van der Waals surface area contributed by atoms with Crippen molar-refractivity contribution in [3.05, 3.63) is 0 Å². The summed E-state index contributed by atoms with van der Waals surface area (Å²) in [5, 5.41) is 0. The molecule has 2 aliphatic rings. The molecule has 1 heterocycles. The van der Waals surface area contributed by atoms with Crippen molar-refractivity contribution in [3.63, 3.8) is 0 Å². The van der Waals surface area contributed by atoms with Crippen molar-refractivity contribution in [2.24, 2.45) is 23.3 Å². The number of piperidine rings is 1. The Labute approximate surface area is 104 Å². The highest BCUT2D eigenvalue weighted by Gasteiger charge is 2.35. The highest BCUT2D eigenvalue weighted by molar-refractivity contribution is 5.84. The van der Waals surface area contributed by atoms with Gasteiger partial charge in [-0.25, -0.2) is 0 Å². The zero-order valence-corrected chi connectivity index (χ0v) is 10.8. The van der Waals surface area contributed by atoms with Crippen LogP contribution in [0.4, 0.5) is 0 Å². The van der Waals surface area contributed by atoms with Crippen molar-refractivity contribution >= 4 is 5.91 Å². The lowest BCUT2D eigenvalue weighted by Gasteiger charge is -2.43. The first-order valence-corrected chi connectivity index (χ1v) is 6.80. The van der Waals surface area contributed by atoms with Crippen LogP contribution in [-0.2, 0) is 4.79 Å². The lowest BCUT2D eigenvalue weighted by molar-refractivity contribution is -0.123. The van der Waals surface area contributed by atoms with E-state index in [-0.39, 0.29) is 0 Å². The van der Waals surface area contributed by atoms with E-state index in [2.05, 4.69) is 4.90 Å². The molecule has 2 rings (SSSR count). The SMILES string of the molecule is CC(N)(CN1CCC2CCCCC2C1)C(N)=O. The Bertz CT molecular complexity index is 290. The molecule has 4 nitrogen and oxygen atoms in total. The van der Waals surface area contributed by atoms with Gasteiger partial charge in [-0.05, 0) is 38.1 Å². The van der Waals surface area contributed by atoms with E-state index in [0.717, 1.165) is 24.9 Å². The molecule has 2 fully saturated rings. The van der Waals surface area contributed by atoms with Gasteiger partial charge >= 0.3 is 0 Å². The molecule has 4 heteroatoms. The molecule has 1 aliphatic heterocycles. The van der Waals surface area contributed by atoms with E-state index in [1.807, 2.05) is 0 Å². The minimum atomic E-state index is -0.887. The fourth-order valence-electron chi connectivity index (χ4n) is 3.36. The van der Waals surface area contributed by atoms with Crippen LogP contribution in [0.1, 0.15) is 39.0 Å². The molecule has 3 atom stereocenters. The lowest BCUT2D eigenvalue weighted by atomic mass is 9.75. The van der Waals surface area contributed by atoms with Crippen LogP contribution in [0, 0.1) is 11.8 Å². The van der Waals surface area contributed by atoms with Crippen molar-refractivity contribution in [1.29, 1.82) is 0 Å². The minimum Gasteiger partial charge on any atom is -0.368 e. The second-order valence-corrected chi connectivity index (χ2v) is 6.11. The topological polar surface area (TPSA) is 72.3 Å². The number of rotatable bonds is 3. The Morgan fingerprint density at radius 2 is 1.94 bits per heavy atom. The van der Waals surface area contributed by atoms with Gasteiger partial charge in [-0.15, -0.1) is 0 Å². The molecular weight excluding hydrogens is 214 g/mol. The number of carbonyl (C=O) groups excluding carboxylic acids is 1. The van der Waals surface area contributed by atoms with Crippen molar-refractivity contribution in [1.82, 2.24) is 4.90 Å². The van der Waals surface area contributed by atoms with Crippen LogP contribution < -0.4 is 11.5 Å². The van der Waals surface area contributed by atoms with Crippen molar-refractivity contribution in [3.8, 4) is 0 Å². The van der Waals surface area contributed by atoms with Crippen LogP contribution in [-0.4, -0.2) is 36.0 Å². The molecule has 0 aromatic heterocycles. The van der Waals surface area contributed by atoms with E-state index in [1.165, 1.54) is 32.1 Å². The quantitative estimate of drug-likeness (QED) is 0.761. The number of amides is 1. The Hall–Kier alpha value is -0.610. The predicted octanol–water partition coefficient (Wildman–Crippen LogP) is 0.701. The molecule has 98 valence electrons. The minimum absolute atomic E-state index is 0.400. The van der Waals surface area contributed by atoms with Crippen LogP contribution in [0.25, 0.3) is 0 Å². The van der Waals surface area contributed by atoms with Gasteiger partial charge in [-0.3, -0.25) is 4.79 Å². The Balaban J connectivity index is 1.89. The van der Waals surface area contributed by atoms with Crippen molar-refractivity contribution in [2.45, 2.75) is 44.6 Å². The van der Waals surface area contributed by atoms with E-state index in [4.69, 9.17) is 11.5 Å². The molecule has 0 aromatic carbocycles. The van der Waals surface area contributed by atoms with Crippen LogP contribution in [0.5, 0.6) is 0 Å². The van der Waals surface area contributed by atoms with E-state index in [9.17, 15) is 4.79 Å². The molecule has 1 saturated carbocycles. The summed E-state index contributed by atoms with van der Waals surface area (Å²) in [5.74, 6) is 1.34. The number of carbonyl (C=O) groups is 1. The van der Waals surface area contributed by atoms with E-state index in [0.29, 0.717) is 6.54 Å². The third kappa shape index (κ3) is 2.99. The zero-order chi connectivity index (χ0) is 12.5. The fraction of sp³-hybridized carbons (Fsp3) is 0.923. The maximum atomic E-state index is 11.2. The summed E-state index contributed by atoms with van der Waals surface area (Å²) in [6.45, 7) is 4.51. The zero-order valence-electron chi connectivity index (χ0n) is 10.8. The van der Waals surface area contributed by atoms with Gasteiger partial charge in [0.1, 0.15) is 5.54 Å². The molecule has 4 N–H and O–H groups in total. The normalized spacial score (nSPS) is 33.8. The Kier molecular flexibility index (Phi) is 3.73. The summed E-state index contributed by atoms with van der Waals surface area (Å²) >= 11 is 0. The molecular formula is C13H25N3O. The number of likely N-dealkylation sites (tertiary alicyclic amines) is 1. The van der Waals surface area contributed by atoms with Gasteiger partial charge in [0, 0.05) is 13.1 Å². The number of nitrogens with two attached hydrogens (primary N) is 2. The number of primary amides is 1. The molecule has 3 unspecified atom stereocenters. The average molecular weight is 239 g/mol. The highest BCUT2D eigenvalue weighted by Crippen LogP contribution is 2.36. The maximum absolute atomic E-state index is 11.2. The van der Waals surface area contributed by atoms with Gasteiger partial charge < -0.3 is 16.4 Å². The van der Waals surface area contributed by atoms with E-state index >= 15 is 0 Å². The fourth-order valence-corrected chi connectivity index (χ4v) is 3.36. The summed E-state index contributed by atoms with van der Waals surface area (Å²) in [4.78, 5) is 13.6. The van der Waals surface area contributed by atoms with Gasteiger partial charge in [0.05, 0.1) is 0 Å². The second kappa shape index (κ2) is 4.94. The monoisotopic (exact) mass is 239 g/mol. The van der Waals surface area contributed by atoms with Crippen LogP contribution in [0.3, 0.4) is 0 Å². The van der Waals surface area contributed by atoms with Gasteiger partial charge in [0.25, 0.3) is 0 Å². The number of fused-ring (bicyclic) bond motifs is 1. The number of hydrogen-bond donors (Lipinski definition) is 2. The number of nitrogens with zero attached hydrogens (tertiary/aromatic N) is 1. The number of hydrogen-bond acceptors (Lipinski definition) is 3. The largest absolute Gasteiger partial charge is 0.368 e. The summed E-state index contributed by atoms with van der Waals surface area (Å²) < 4.78 is 0. The van der Waals surface area contributed by atoms with Gasteiger partial charge in [0.2, 0.25) is 5.91 Å². The van der Waals surface area contributed by atoms with Gasteiger partial charge in [-0.2, -0.15) is 0 Å². The first-order valence-electron chi connectivity index (χ1n) is 6.80. The standard InChI is InChI=1S/C13H25N3O/c1-13(15,12(14)17)9-16-7-6-10-4-2-3-5-11(10)8-16/h10-11H,2-9,15H2,1H3,(H2,14,17). The first-order chi connectivity index (χ1) is 7.99. The summed E-state index contributed by atoms with van der Waals surface area (Å²) in [7, 11) is 0. The summed E-state index contributed by atoms with van der Waals surface area (Å²) in [6.07, 6.45) is 6.77. The van der Waals surface area contributed by atoms with Crippen molar-refractivity contribution in [2.75, 3.05) is 19.6 Å². The molecule has 1 amide bonds. The summed E-state index contributed by atoms with van der Waals surface area (Å²) in [6, 6.07) is 0. The molecule has 0 spiro atoms. The van der Waals surface area contributed by atoms with Crippen LogP contribution in [0.15, 0.2) is 0 Å². The average Bonchev–Trinajstić information content (AvgIpc) is 2.28. The van der Waals surface area contributed by atoms with Gasteiger partial charge in [0.15, 0.2) is 0 Å². The van der Waals surface area contributed by atoms with E-state index < -0.39 is 11.4 Å². The highest BCUT2D eigenvalue weighted by atomic mass is 16.1. The maximum Gasteiger partial charge on any atom is 0.238 e. The third-order valence-electron chi connectivity index (χ3n) is 4.49. The molecule has 0 aromatic rings. The van der Waals surface area contributed by atoms with Crippen molar-refractivity contribution < 1.29 is 4.79 Å². The molecule has 1 aliphatic carbocycles. The first kappa shape index (κ1) is 12.8. The third-order valence-corrected chi connectivity index (χ3v) is 4.49. The van der Waals surface area contributed by atoms with Crippen LogP contribution in [0.2, 0.25) is 0 Å². The van der Waals surface area contributed by atoms with E-state index in [1.54, 1.807) is 6.92 Å². The predicted molar refractivity (Wildman–Crippen MR) is 68.3 cm³/mol. The second-order valence-electron chi connectivity index (χ2n) is 6.11. The summed E-state index contributed by atoms with van der Waals surface area (Å²) in [5.41, 5.74) is 10.4. The molecule has 0 radical (unpaired) electrons. The Morgan fingerprint density at radius 3 is 2.59 bits per heavy atom. The lowest BCUT2D eigenvalue weighted by Crippen LogP contribution is -2.58.